The van der Waals surface area contributed by atoms with E-state index in [1.165, 1.54) is 0 Å². The van der Waals surface area contributed by atoms with Gasteiger partial charge < -0.3 is 4.74 Å². The van der Waals surface area contributed by atoms with Crippen LogP contribution >= 0.6 is 0 Å². The van der Waals surface area contributed by atoms with Crippen LogP contribution in [0, 0.1) is 16.7 Å². The number of carbonyl (C=O) groups excluding carboxylic acids is 1. The molecule has 1 N–H and O–H groups in total. The monoisotopic (exact) mass is 408 g/mol. The molecule has 0 spiro atoms. The van der Waals surface area contributed by atoms with Gasteiger partial charge in [-0.05, 0) is 17.3 Å². The Morgan fingerprint density at radius 2 is 1.50 bits per heavy atom. The Bertz CT molecular complexity index is 600. The molecule has 10 heteroatoms. The molecule has 0 rings (SSSR count). The van der Waals surface area contributed by atoms with E-state index in [9.17, 15) is 30.8 Å². The van der Waals surface area contributed by atoms with Crippen LogP contribution in [0.4, 0.5) is 17.6 Å². The topological polar surface area (TPSA) is 80.7 Å². The third-order valence-corrected chi connectivity index (χ3v) is 5.94. The Balaban J connectivity index is 5.47. The zero-order chi connectivity index (χ0) is 21.2. The van der Waals surface area contributed by atoms with E-state index in [1.54, 1.807) is 20.8 Å². The summed E-state index contributed by atoms with van der Waals surface area (Å²) in [5.41, 5.74) is -0.971. The number of carbonyl (C=O) groups is 1. The maximum atomic E-state index is 13.5. The minimum atomic E-state index is -6.37. The molecule has 0 aromatic heterocycles. The van der Waals surface area contributed by atoms with Crippen LogP contribution in [0.15, 0.2) is 0 Å². The fourth-order valence-electron chi connectivity index (χ4n) is 2.16. The van der Waals surface area contributed by atoms with Crippen LogP contribution in [-0.2, 0) is 19.6 Å². The highest BCUT2D eigenvalue weighted by atomic mass is 32.2. The zero-order valence-corrected chi connectivity index (χ0v) is 16.7. The van der Waals surface area contributed by atoms with Gasteiger partial charge in [0.05, 0.1) is 5.92 Å². The van der Waals surface area contributed by atoms with Gasteiger partial charge in [0.2, 0.25) is 0 Å². The van der Waals surface area contributed by atoms with Gasteiger partial charge in [0.1, 0.15) is 0 Å². The largest absolute Gasteiger partial charge is 0.459 e. The second-order valence-corrected chi connectivity index (χ2v) is 9.38. The average molecular weight is 408 g/mol. The standard InChI is InChI=1S/C16H28F4O5S/c1-7-13(3,4)9-11(14(5,6)8-2)12(21)25-10-15(17,18)16(19,20)26(22,23)24/h11H,7-10H2,1-6H3,(H,22,23,24). The lowest BCUT2D eigenvalue weighted by Crippen LogP contribution is -2.50. The molecule has 0 aliphatic carbocycles. The molecule has 1 unspecified atom stereocenters. The molecule has 156 valence electrons. The highest BCUT2D eigenvalue weighted by molar-refractivity contribution is 7.87. The van der Waals surface area contributed by atoms with Gasteiger partial charge in [0.25, 0.3) is 0 Å². The molecule has 0 aromatic rings. The van der Waals surface area contributed by atoms with Gasteiger partial charge in [-0.3, -0.25) is 9.35 Å². The maximum absolute atomic E-state index is 13.5. The predicted octanol–water partition coefficient (Wildman–Crippen LogP) is 4.52. The highest BCUT2D eigenvalue weighted by Crippen LogP contribution is 2.42. The summed E-state index contributed by atoms with van der Waals surface area (Å²) in [6, 6.07) is 0. The van der Waals surface area contributed by atoms with Crippen LogP contribution in [0.3, 0.4) is 0 Å². The van der Waals surface area contributed by atoms with E-state index < -0.39 is 45.2 Å². The lowest BCUT2D eigenvalue weighted by molar-refractivity contribution is -0.201. The van der Waals surface area contributed by atoms with Gasteiger partial charge in [0.15, 0.2) is 6.61 Å². The van der Waals surface area contributed by atoms with Crippen molar-refractivity contribution in [2.75, 3.05) is 6.61 Å². The molecule has 0 saturated heterocycles. The van der Waals surface area contributed by atoms with Crippen LogP contribution in [0.5, 0.6) is 0 Å². The van der Waals surface area contributed by atoms with Crippen LogP contribution < -0.4 is 0 Å². The average Bonchev–Trinajstić information content (AvgIpc) is 2.49. The molecule has 0 amide bonds. The molecule has 0 radical (unpaired) electrons. The van der Waals surface area contributed by atoms with E-state index in [0.29, 0.717) is 12.8 Å². The van der Waals surface area contributed by atoms with Gasteiger partial charge >= 0.3 is 27.3 Å². The van der Waals surface area contributed by atoms with E-state index in [0.717, 1.165) is 0 Å². The second kappa shape index (κ2) is 8.00. The molecule has 0 fully saturated rings. The molecule has 0 saturated carbocycles. The number of alkyl halides is 4. The Labute approximate surface area is 152 Å². The number of hydrogen-bond acceptors (Lipinski definition) is 4. The van der Waals surface area contributed by atoms with Gasteiger partial charge in [0, 0.05) is 0 Å². The predicted molar refractivity (Wildman–Crippen MR) is 88.7 cm³/mol. The summed E-state index contributed by atoms with van der Waals surface area (Å²) in [5.74, 6) is -7.22. The Hall–Kier alpha value is -0.900. The van der Waals surface area contributed by atoms with Crippen molar-refractivity contribution in [2.24, 2.45) is 16.7 Å². The molecule has 0 aromatic carbocycles. The number of ether oxygens (including phenoxy) is 1. The molecule has 0 aliphatic heterocycles. The lowest BCUT2D eigenvalue weighted by Gasteiger charge is -2.37. The molecule has 0 bridgehead atoms. The normalized spacial score (nSPS) is 15.7. The van der Waals surface area contributed by atoms with E-state index in [-0.39, 0.29) is 11.8 Å². The summed E-state index contributed by atoms with van der Waals surface area (Å²) in [6.07, 6.45) is 1.47. The third kappa shape index (κ3) is 5.80. The SMILES string of the molecule is CCC(C)(C)CC(C(=O)OCC(F)(F)C(F)(F)S(=O)(=O)O)C(C)(C)CC. The van der Waals surface area contributed by atoms with Crippen LogP contribution in [0.25, 0.3) is 0 Å². The van der Waals surface area contributed by atoms with Gasteiger partial charge in [-0.2, -0.15) is 26.0 Å². The fraction of sp³-hybridized carbons (Fsp3) is 0.938. The molecule has 5 nitrogen and oxygen atoms in total. The molecule has 0 heterocycles. The quantitative estimate of drug-likeness (QED) is 0.326. The van der Waals surface area contributed by atoms with E-state index in [1.807, 2.05) is 20.8 Å². The summed E-state index contributed by atoms with van der Waals surface area (Å²) >= 11 is 0. The van der Waals surface area contributed by atoms with Crippen LogP contribution in [0.2, 0.25) is 0 Å². The Morgan fingerprint density at radius 3 is 1.85 bits per heavy atom. The Morgan fingerprint density at radius 1 is 1.04 bits per heavy atom. The van der Waals surface area contributed by atoms with Crippen LogP contribution in [-0.4, -0.2) is 36.7 Å². The molecule has 0 aliphatic rings. The maximum Gasteiger partial charge on any atom is 0.435 e. The van der Waals surface area contributed by atoms with Crippen molar-refractivity contribution in [1.29, 1.82) is 0 Å². The summed E-state index contributed by atoms with van der Waals surface area (Å²) in [4.78, 5) is 12.4. The van der Waals surface area contributed by atoms with Crippen molar-refractivity contribution in [3.63, 3.8) is 0 Å². The van der Waals surface area contributed by atoms with E-state index in [4.69, 9.17) is 4.55 Å². The van der Waals surface area contributed by atoms with E-state index in [2.05, 4.69) is 4.74 Å². The summed E-state index contributed by atoms with van der Waals surface area (Å²) in [5, 5.41) is -5.77. The molecule has 26 heavy (non-hydrogen) atoms. The van der Waals surface area contributed by atoms with E-state index >= 15 is 0 Å². The first kappa shape index (κ1) is 25.1. The molecular weight excluding hydrogens is 380 g/mol. The molecular formula is C16H28F4O5S. The van der Waals surface area contributed by atoms with Crippen molar-refractivity contribution in [2.45, 2.75) is 72.0 Å². The molecule has 1 atom stereocenters. The van der Waals surface area contributed by atoms with Crippen molar-refractivity contribution in [3.05, 3.63) is 0 Å². The number of halogens is 4. The summed E-state index contributed by atoms with van der Waals surface area (Å²) in [6.45, 7) is 8.75. The van der Waals surface area contributed by atoms with Crippen molar-refractivity contribution in [1.82, 2.24) is 0 Å². The van der Waals surface area contributed by atoms with Crippen molar-refractivity contribution < 1.29 is 40.1 Å². The van der Waals surface area contributed by atoms with Gasteiger partial charge in [-0.25, -0.2) is 0 Å². The smallest absolute Gasteiger partial charge is 0.435 e. The van der Waals surface area contributed by atoms with Gasteiger partial charge in [-0.15, -0.1) is 0 Å². The van der Waals surface area contributed by atoms with Crippen LogP contribution in [0.1, 0.15) is 60.8 Å². The highest BCUT2D eigenvalue weighted by Gasteiger charge is 2.66. The minimum absolute atomic E-state index is 0.281. The minimum Gasteiger partial charge on any atom is -0.459 e. The number of rotatable bonds is 10. The first-order valence-electron chi connectivity index (χ1n) is 8.24. The summed E-state index contributed by atoms with van der Waals surface area (Å²) in [7, 11) is -6.37. The first-order valence-corrected chi connectivity index (χ1v) is 9.68. The lowest BCUT2D eigenvalue weighted by atomic mass is 9.68. The second-order valence-electron chi connectivity index (χ2n) is 7.92. The first-order chi connectivity index (χ1) is 11.3. The van der Waals surface area contributed by atoms with Gasteiger partial charge in [-0.1, -0.05) is 54.4 Å². The zero-order valence-electron chi connectivity index (χ0n) is 15.9. The summed E-state index contributed by atoms with van der Waals surface area (Å²) < 4.78 is 87.2. The number of esters is 1. The number of hydrogen-bond donors (Lipinski definition) is 1. The third-order valence-electron chi connectivity index (χ3n) is 5.00. The fourth-order valence-corrected chi connectivity index (χ4v) is 2.59. The van der Waals surface area contributed by atoms with Crippen molar-refractivity contribution in [3.8, 4) is 0 Å². The van der Waals surface area contributed by atoms with Crippen molar-refractivity contribution >= 4 is 16.1 Å². The Kier molecular flexibility index (Phi) is 7.72.